The van der Waals surface area contributed by atoms with Crippen LogP contribution in [0, 0.1) is 0 Å². The molecule has 0 saturated heterocycles. The highest BCUT2D eigenvalue weighted by molar-refractivity contribution is 5.91. The molecule has 3 amide bonds. The van der Waals surface area contributed by atoms with Gasteiger partial charge in [0.15, 0.2) is 0 Å². The minimum Gasteiger partial charge on any atom is -0.395 e. The Labute approximate surface area is 171 Å². The highest BCUT2D eigenvalue weighted by Gasteiger charge is 2.44. The molecular formula is C23H29N3O3. The minimum absolute atomic E-state index is 0.116. The Bertz CT molecular complexity index is 790. The highest BCUT2D eigenvalue weighted by atomic mass is 16.3. The van der Waals surface area contributed by atoms with Gasteiger partial charge in [-0.05, 0) is 24.0 Å². The first-order chi connectivity index (χ1) is 14.1. The molecule has 2 aromatic rings. The Morgan fingerprint density at radius 3 is 2.10 bits per heavy atom. The Hall–Kier alpha value is -2.86. The number of carbonyl (C=O) groups is 2. The van der Waals surface area contributed by atoms with Gasteiger partial charge >= 0.3 is 6.03 Å². The van der Waals surface area contributed by atoms with Crippen molar-refractivity contribution in [2.24, 2.45) is 0 Å². The van der Waals surface area contributed by atoms with Gasteiger partial charge in [0.2, 0.25) is 5.91 Å². The van der Waals surface area contributed by atoms with E-state index >= 15 is 0 Å². The summed E-state index contributed by atoms with van der Waals surface area (Å²) in [6.45, 7) is 0.939. The van der Waals surface area contributed by atoms with E-state index in [1.165, 1.54) is 0 Å². The van der Waals surface area contributed by atoms with Crippen molar-refractivity contribution in [3.8, 4) is 0 Å². The first-order valence-corrected chi connectivity index (χ1v) is 10.2. The predicted molar refractivity (Wildman–Crippen MR) is 112 cm³/mol. The van der Waals surface area contributed by atoms with Crippen LogP contribution in [0.4, 0.5) is 4.79 Å². The monoisotopic (exact) mass is 395 g/mol. The number of rotatable bonds is 8. The molecule has 3 N–H and O–H groups in total. The maximum Gasteiger partial charge on any atom is 0.315 e. The molecule has 0 spiro atoms. The second-order valence-electron chi connectivity index (χ2n) is 7.52. The maximum absolute atomic E-state index is 13.4. The predicted octanol–water partition coefficient (Wildman–Crippen LogP) is 2.82. The number of carbonyl (C=O) groups excluding carboxylic acids is 2. The van der Waals surface area contributed by atoms with Crippen LogP contribution in [-0.4, -0.2) is 40.6 Å². The zero-order chi connectivity index (χ0) is 20.5. The molecule has 3 rings (SSSR count). The molecule has 154 valence electrons. The van der Waals surface area contributed by atoms with Gasteiger partial charge in [0, 0.05) is 19.6 Å². The summed E-state index contributed by atoms with van der Waals surface area (Å²) < 4.78 is 0. The largest absolute Gasteiger partial charge is 0.395 e. The van der Waals surface area contributed by atoms with Crippen molar-refractivity contribution in [3.05, 3.63) is 71.8 Å². The summed E-state index contributed by atoms with van der Waals surface area (Å²) in [5.74, 6) is -0.122. The third-order valence-corrected chi connectivity index (χ3v) is 5.39. The maximum atomic E-state index is 13.4. The molecule has 6 heteroatoms. The Morgan fingerprint density at radius 1 is 0.931 bits per heavy atom. The van der Waals surface area contributed by atoms with Gasteiger partial charge in [0.1, 0.15) is 5.54 Å². The summed E-state index contributed by atoms with van der Waals surface area (Å²) in [5, 5.41) is 15.3. The van der Waals surface area contributed by atoms with Crippen molar-refractivity contribution in [1.29, 1.82) is 0 Å². The molecule has 0 atom stereocenters. The van der Waals surface area contributed by atoms with Crippen molar-refractivity contribution in [2.75, 3.05) is 13.2 Å². The number of urea groups is 1. The van der Waals surface area contributed by atoms with Crippen molar-refractivity contribution < 1.29 is 14.7 Å². The van der Waals surface area contributed by atoms with Crippen LogP contribution in [0.3, 0.4) is 0 Å². The molecule has 1 aliphatic rings. The molecule has 1 saturated carbocycles. The van der Waals surface area contributed by atoms with Gasteiger partial charge in [-0.15, -0.1) is 0 Å². The van der Waals surface area contributed by atoms with Crippen LogP contribution in [0.15, 0.2) is 60.7 Å². The lowest BCUT2D eigenvalue weighted by molar-refractivity contribution is -0.139. The normalized spacial score (nSPS) is 14.9. The van der Waals surface area contributed by atoms with Gasteiger partial charge < -0.3 is 20.6 Å². The molecule has 1 aliphatic carbocycles. The van der Waals surface area contributed by atoms with E-state index in [0.29, 0.717) is 25.9 Å². The Balaban J connectivity index is 1.68. The second-order valence-corrected chi connectivity index (χ2v) is 7.52. The fourth-order valence-corrected chi connectivity index (χ4v) is 3.89. The van der Waals surface area contributed by atoms with E-state index in [4.69, 9.17) is 0 Å². The second kappa shape index (κ2) is 10.1. The van der Waals surface area contributed by atoms with Crippen LogP contribution >= 0.6 is 0 Å². The molecule has 0 aromatic heterocycles. The summed E-state index contributed by atoms with van der Waals surface area (Å²) in [7, 11) is 0. The van der Waals surface area contributed by atoms with E-state index in [1.807, 2.05) is 60.7 Å². The summed E-state index contributed by atoms with van der Waals surface area (Å²) in [6.07, 6.45) is 3.01. The number of benzene rings is 2. The third-order valence-electron chi connectivity index (χ3n) is 5.39. The third kappa shape index (κ3) is 5.57. The molecule has 0 aliphatic heterocycles. The number of nitrogens with one attached hydrogen (secondary N) is 2. The quantitative estimate of drug-likeness (QED) is 0.643. The summed E-state index contributed by atoms with van der Waals surface area (Å²) in [5.41, 5.74) is 1.08. The zero-order valence-electron chi connectivity index (χ0n) is 16.6. The number of aliphatic hydroxyl groups excluding tert-OH is 1. The Kier molecular flexibility index (Phi) is 7.25. The van der Waals surface area contributed by atoms with Crippen molar-refractivity contribution >= 4 is 11.9 Å². The van der Waals surface area contributed by atoms with E-state index in [1.54, 1.807) is 4.90 Å². The number of nitrogens with zero attached hydrogens (tertiary/aromatic N) is 1. The van der Waals surface area contributed by atoms with Crippen LogP contribution < -0.4 is 10.6 Å². The molecule has 0 unspecified atom stereocenters. The minimum atomic E-state index is -0.912. The van der Waals surface area contributed by atoms with Crippen molar-refractivity contribution in [3.63, 3.8) is 0 Å². The molecule has 2 aromatic carbocycles. The lowest BCUT2D eigenvalue weighted by Gasteiger charge is -2.35. The topological polar surface area (TPSA) is 81.7 Å². The summed E-state index contributed by atoms with van der Waals surface area (Å²) in [4.78, 5) is 27.7. The van der Waals surface area contributed by atoms with Crippen LogP contribution in [0.25, 0.3) is 0 Å². The van der Waals surface area contributed by atoms with Crippen LogP contribution in [-0.2, 0) is 17.9 Å². The van der Waals surface area contributed by atoms with Gasteiger partial charge in [-0.1, -0.05) is 73.5 Å². The fraction of sp³-hybridized carbons (Fsp3) is 0.391. The molecule has 0 radical (unpaired) electrons. The molecule has 1 fully saturated rings. The highest BCUT2D eigenvalue weighted by Crippen LogP contribution is 2.32. The SMILES string of the molecule is O=C(NCc1ccccc1)NC1(C(=O)N(CCO)Cc2ccccc2)CCCC1. The van der Waals surface area contributed by atoms with E-state index in [-0.39, 0.29) is 25.1 Å². The van der Waals surface area contributed by atoms with Gasteiger partial charge in [-0.3, -0.25) is 4.79 Å². The van der Waals surface area contributed by atoms with Crippen molar-refractivity contribution in [2.45, 2.75) is 44.3 Å². The van der Waals surface area contributed by atoms with E-state index < -0.39 is 5.54 Å². The van der Waals surface area contributed by atoms with Gasteiger partial charge in [-0.2, -0.15) is 0 Å². The standard InChI is InChI=1S/C23H29N3O3/c27-16-15-26(18-20-11-5-2-6-12-20)21(28)23(13-7-8-14-23)25-22(29)24-17-19-9-3-1-4-10-19/h1-6,9-12,27H,7-8,13-18H2,(H2,24,25,29). The summed E-state index contributed by atoms with van der Waals surface area (Å²) in [6, 6.07) is 19.0. The lowest BCUT2D eigenvalue weighted by atomic mass is 9.95. The zero-order valence-corrected chi connectivity index (χ0v) is 16.6. The average Bonchev–Trinajstić information content (AvgIpc) is 3.22. The van der Waals surface area contributed by atoms with Gasteiger partial charge in [0.05, 0.1) is 6.61 Å². The van der Waals surface area contributed by atoms with E-state index in [9.17, 15) is 14.7 Å². The fourth-order valence-electron chi connectivity index (χ4n) is 3.89. The van der Waals surface area contributed by atoms with Crippen LogP contribution in [0.2, 0.25) is 0 Å². The van der Waals surface area contributed by atoms with Crippen LogP contribution in [0.1, 0.15) is 36.8 Å². The van der Waals surface area contributed by atoms with Crippen molar-refractivity contribution in [1.82, 2.24) is 15.5 Å². The molecule has 0 heterocycles. The molecule has 0 bridgehead atoms. The summed E-state index contributed by atoms with van der Waals surface area (Å²) >= 11 is 0. The first kappa shape index (κ1) is 20.9. The van der Waals surface area contributed by atoms with Crippen LogP contribution in [0.5, 0.6) is 0 Å². The van der Waals surface area contributed by atoms with E-state index in [2.05, 4.69) is 10.6 Å². The smallest absolute Gasteiger partial charge is 0.315 e. The Morgan fingerprint density at radius 2 is 1.52 bits per heavy atom. The lowest BCUT2D eigenvalue weighted by Crippen LogP contribution is -2.60. The molecule has 6 nitrogen and oxygen atoms in total. The first-order valence-electron chi connectivity index (χ1n) is 10.2. The molecular weight excluding hydrogens is 366 g/mol. The number of aliphatic hydroxyl groups is 1. The van der Waals surface area contributed by atoms with Gasteiger partial charge in [0.25, 0.3) is 0 Å². The number of hydrogen-bond donors (Lipinski definition) is 3. The van der Waals surface area contributed by atoms with E-state index in [0.717, 1.165) is 24.0 Å². The number of amides is 3. The van der Waals surface area contributed by atoms with Gasteiger partial charge in [-0.25, -0.2) is 4.79 Å². The average molecular weight is 396 g/mol. The molecule has 29 heavy (non-hydrogen) atoms. The number of hydrogen-bond acceptors (Lipinski definition) is 3.